The van der Waals surface area contributed by atoms with Crippen molar-refractivity contribution in [2.24, 2.45) is 0 Å². The standard InChI is InChI=1S/C15H8BrFN2O/c1-9-2-3-10(7-18)6-13(9)20-12-5-4-11(8-19)14(16)15(12)17/h2-6H,1H3. The Kier molecular flexibility index (Phi) is 4.02. The third-order valence-corrected chi connectivity index (χ3v) is 3.48. The smallest absolute Gasteiger partial charge is 0.181 e. The van der Waals surface area contributed by atoms with Crippen molar-refractivity contribution in [3.63, 3.8) is 0 Å². The Morgan fingerprint density at radius 2 is 1.85 bits per heavy atom. The number of ether oxygens (including phenoxy) is 1. The molecule has 0 aromatic heterocycles. The van der Waals surface area contributed by atoms with Crippen molar-refractivity contribution in [3.05, 3.63) is 57.3 Å². The Morgan fingerprint density at radius 3 is 2.50 bits per heavy atom. The first-order chi connectivity index (χ1) is 9.56. The molecule has 0 heterocycles. The quantitative estimate of drug-likeness (QED) is 0.818. The lowest BCUT2D eigenvalue weighted by Crippen LogP contribution is -1.94. The summed E-state index contributed by atoms with van der Waals surface area (Å²) in [6.45, 7) is 1.80. The maximum atomic E-state index is 14.1. The van der Waals surface area contributed by atoms with Gasteiger partial charge in [0, 0.05) is 0 Å². The van der Waals surface area contributed by atoms with Gasteiger partial charge in [0.1, 0.15) is 11.8 Å². The predicted octanol–water partition coefficient (Wildman–Crippen LogP) is 4.43. The molecule has 0 amide bonds. The van der Waals surface area contributed by atoms with Crippen LogP contribution in [0.5, 0.6) is 11.5 Å². The summed E-state index contributed by atoms with van der Waals surface area (Å²) < 4.78 is 19.6. The van der Waals surface area contributed by atoms with Gasteiger partial charge in [0.05, 0.1) is 21.7 Å². The number of hydrogen-bond donors (Lipinski definition) is 0. The Balaban J connectivity index is 2.44. The van der Waals surface area contributed by atoms with Gasteiger partial charge in [-0.2, -0.15) is 10.5 Å². The molecule has 5 heteroatoms. The molecule has 0 aliphatic heterocycles. The fourth-order valence-electron chi connectivity index (χ4n) is 1.59. The van der Waals surface area contributed by atoms with Crippen LogP contribution in [0.25, 0.3) is 0 Å². The molecule has 2 aromatic carbocycles. The zero-order valence-electron chi connectivity index (χ0n) is 10.4. The molecule has 0 N–H and O–H groups in total. The van der Waals surface area contributed by atoms with Gasteiger partial charge in [0.25, 0.3) is 0 Å². The second kappa shape index (κ2) is 5.73. The number of nitriles is 2. The van der Waals surface area contributed by atoms with Gasteiger partial charge in [0.2, 0.25) is 0 Å². The van der Waals surface area contributed by atoms with Gasteiger partial charge in [-0.05, 0) is 52.7 Å². The van der Waals surface area contributed by atoms with Crippen molar-refractivity contribution >= 4 is 15.9 Å². The van der Waals surface area contributed by atoms with E-state index in [0.29, 0.717) is 11.3 Å². The Labute approximate surface area is 124 Å². The number of benzene rings is 2. The average molecular weight is 331 g/mol. The molecule has 3 nitrogen and oxygen atoms in total. The molecular formula is C15H8BrFN2O. The van der Waals surface area contributed by atoms with Crippen LogP contribution in [-0.2, 0) is 0 Å². The van der Waals surface area contributed by atoms with Crippen molar-refractivity contribution < 1.29 is 9.13 Å². The predicted molar refractivity (Wildman–Crippen MR) is 74.8 cm³/mol. The van der Waals surface area contributed by atoms with Crippen molar-refractivity contribution in [2.45, 2.75) is 6.92 Å². The molecule has 0 saturated carbocycles. The van der Waals surface area contributed by atoms with Crippen LogP contribution in [0, 0.1) is 35.4 Å². The van der Waals surface area contributed by atoms with Crippen molar-refractivity contribution in [1.82, 2.24) is 0 Å². The summed E-state index contributed by atoms with van der Waals surface area (Å²) in [5.74, 6) is -0.251. The second-order valence-electron chi connectivity index (χ2n) is 4.05. The van der Waals surface area contributed by atoms with Gasteiger partial charge in [0.15, 0.2) is 11.6 Å². The molecule has 20 heavy (non-hydrogen) atoms. The highest BCUT2D eigenvalue weighted by Gasteiger charge is 2.14. The summed E-state index contributed by atoms with van der Waals surface area (Å²) in [5.41, 5.74) is 1.40. The van der Waals surface area contributed by atoms with E-state index in [1.165, 1.54) is 12.1 Å². The van der Waals surface area contributed by atoms with Gasteiger partial charge < -0.3 is 4.74 Å². The molecule has 0 atom stereocenters. The van der Waals surface area contributed by atoms with E-state index < -0.39 is 5.82 Å². The molecule has 0 aliphatic rings. The van der Waals surface area contributed by atoms with E-state index in [9.17, 15) is 4.39 Å². The Hall–Kier alpha value is -2.37. The third kappa shape index (κ3) is 2.64. The van der Waals surface area contributed by atoms with Crippen LogP contribution < -0.4 is 4.74 Å². The summed E-state index contributed by atoms with van der Waals surface area (Å²) >= 11 is 3.02. The molecule has 0 saturated heterocycles. The lowest BCUT2D eigenvalue weighted by atomic mass is 10.1. The first-order valence-electron chi connectivity index (χ1n) is 5.63. The SMILES string of the molecule is Cc1ccc(C#N)cc1Oc1ccc(C#N)c(Br)c1F. The highest BCUT2D eigenvalue weighted by atomic mass is 79.9. The lowest BCUT2D eigenvalue weighted by Gasteiger charge is -2.11. The molecule has 0 spiro atoms. The van der Waals surface area contributed by atoms with Crippen LogP contribution in [0.4, 0.5) is 4.39 Å². The summed E-state index contributed by atoms with van der Waals surface area (Å²) in [7, 11) is 0. The van der Waals surface area contributed by atoms with Crippen molar-refractivity contribution in [1.29, 1.82) is 10.5 Å². The van der Waals surface area contributed by atoms with Crippen LogP contribution in [0.1, 0.15) is 16.7 Å². The van der Waals surface area contributed by atoms with Crippen molar-refractivity contribution in [2.75, 3.05) is 0 Å². The Morgan fingerprint density at radius 1 is 1.10 bits per heavy atom. The number of hydrogen-bond acceptors (Lipinski definition) is 3. The zero-order valence-corrected chi connectivity index (χ0v) is 12.0. The fraction of sp³-hybridized carbons (Fsp3) is 0.0667. The summed E-state index contributed by atoms with van der Waals surface area (Å²) in [6.07, 6.45) is 0. The molecule has 0 unspecified atom stereocenters. The van der Waals surface area contributed by atoms with E-state index >= 15 is 0 Å². The molecule has 2 aromatic rings. The Bertz CT molecular complexity index is 760. The first kappa shape index (κ1) is 14.0. The lowest BCUT2D eigenvalue weighted by molar-refractivity contribution is 0.437. The molecule has 0 radical (unpaired) electrons. The molecule has 0 fully saturated rings. The fourth-order valence-corrected chi connectivity index (χ4v) is 2.01. The molecule has 2 rings (SSSR count). The number of rotatable bonds is 2. The van der Waals surface area contributed by atoms with E-state index in [4.69, 9.17) is 15.3 Å². The van der Waals surface area contributed by atoms with E-state index in [-0.39, 0.29) is 15.8 Å². The van der Waals surface area contributed by atoms with Gasteiger partial charge in [-0.1, -0.05) is 6.07 Å². The largest absolute Gasteiger partial charge is 0.454 e. The van der Waals surface area contributed by atoms with Gasteiger partial charge >= 0.3 is 0 Å². The summed E-state index contributed by atoms with van der Waals surface area (Å²) in [6, 6.07) is 11.6. The second-order valence-corrected chi connectivity index (χ2v) is 4.84. The summed E-state index contributed by atoms with van der Waals surface area (Å²) in [5, 5.41) is 17.7. The molecular weight excluding hydrogens is 323 g/mol. The van der Waals surface area contributed by atoms with E-state index in [2.05, 4.69) is 15.9 Å². The van der Waals surface area contributed by atoms with Crippen LogP contribution in [0.3, 0.4) is 0 Å². The topological polar surface area (TPSA) is 56.8 Å². The van der Waals surface area contributed by atoms with E-state index in [1.54, 1.807) is 25.1 Å². The van der Waals surface area contributed by atoms with Crippen LogP contribution in [-0.4, -0.2) is 0 Å². The normalized spacial score (nSPS) is 9.65. The van der Waals surface area contributed by atoms with Crippen molar-refractivity contribution in [3.8, 4) is 23.6 Å². The minimum absolute atomic E-state index is 0.00550. The van der Waals surface area contributed by atoms with Crippen LogP contribution in [0.2, 0.25) is 0 Å². The van der Waals surface area contributed by atoms with E-state index in [0.717, 1.165) is 5.56 Å². The maximum absolute atomic E-state index is 14.1. The number of nitrogens with zero attached hydrogens (tertiary/aromatic N) is 2. The van der Waals surface area contributed by atoms with Gasteiger partial charge in [-0.25, -0.2) is 4.39 Å². The molecule has 0 aliphatic carbocycles. The first-order valence-corrected chi connectivity index (χ1v) is 6.43. The molecule has 0 bridgehead atoms. The van der Waals surface area contributed by atoms with Crippen LogP contribution in [0.15, 0.2) is 34.8 Å². The summed E-state index contributed by atoms with van der Waals surface area (Å²) in [4.78, 5) is 0. The minimum atomic E-state index is -0.647. The van der Waals surface area contributed by atoms with Crippen LogP contribution >= 0.6 is 15.9 Å². The maximum Gasteiger partial charge on any atom is 0.181 e. The van der Waals surface area contributed by atoms with Gasteiger partial charge in [-0.3, -0.25) is 0 Å². The third-order valence-electron chi connectivity index (χ3n) is 2.70. The van der Waals surface area contributed by atoms with E-state index in [1.807, 2.05) is 12.1 Å². The highest BCUT2D eigenvalue weighted by molar-refractivity contribution is 9.10. The minimum Gasteiger partial charge on any atom is -0.454 e. The number of aryl methyl sites for hydroxylation is 1. The molecule has 98 valence electrons. The number of halogens is 2. The highest BCUT2D eigenvalue weighted by Crippen LogP contribution is 2.33. The van der Waals surface area contributed by atoms with Gasteiger partial charge in [-0.15, -0.1) is 0 Å². The average Bonchev–Trinajstić information content (AvgIpc) is 2.46. The zero-order chi connectivity index (χ0) is 14.7. The monoisotopic (exact) mass is 330 g/mol.